The van der Waals surface area contributed by atoms with Crippen LogP contribution in [0.5, 0.6) is 0 Å². The first-order valence-corrected chi connectivity index (χ1v) is 9.11. The van der Waals surface area contributed by atoms with Gasteiger partial charge in [-0.15, -0.1) is 24.0 Å². The number of methoxy groups -OCH3 is 1. The number of hydrogen-bond acceptors (Lipinski definition) is 5. The summed E-state index contributed by atoms with van der Waals surface area (Å²) in [5.41, 5.74) is 0. The summed E-state index contributed by atoms with van der Waals surface area (Å²) in [6.45, 7) is 10.6. The van der Waals surface area contributed by atoms with E-state index in [-0.39, 0.29) is 24.0 Å². The quantitative estimate of drug-likeness (QED) is 0.182. The first kappa shape index (κ1) is 24.8. The van der Waals surface area contributed by atoms with Crippen LogP contribution in [0, 0.1) is 5.92 Å². The number of nitrogens with one attached hydrogen (secondary N) is 2. The van der Waals surface area contributed by atoms with E-state index < -0.39 is 0 Å². The van der Waals surface area contributed by atoms with E-state index in [0.29, 0.717) is 5.92 Å². The fourth-order valence-corrected chi connectivity index (χ4v) is 2.39. The molecule has 1 heterocycles. The smallest absolute Gasteiger partial charge is 0.191 e. The van der Waals surface area contributed by atoms with Gasteiger partial charge in [-0.25, -0.2) is 0 Å². The van der Waals surface area contributed by atoms with Crippen LogP contribution in [0.1, 0.15) is 19.8 Å². The molecule has 1 aliphatic rings. The summed E-state index contributed by atoms with van der Waals surface area (Å²) in [4.78, 5) is 6.83. The Kier molecular flexibility index (Phi) is 17.2. The second-order valence-electron chi connectivity index (χ2n) is 6.14. The van der Waals surface area contributed by atoms with Gasteiger partial charge in [-0.05, 0) is 26.8 Å². The zero-order valence-corrected chi connectivity index (χ0v) is 18.4. The van der Waals surface area contributed by atoms with Crippen LogP contribution in [0.3, 0.4) is 0 Å². The molecule has 0 aromatic rings. The van der Waals surface area contributed by atoms with E-state index in [2.05, 4.69) is 34.5 Å². The Hall–Kier alpha value is -0.160. The van der Waals surface area contributed by atoms with Crippen LogP contribution in [0.4, 0.5) is 0 Å². The monoisotopic (exact) mass is 472 g/mol. The molecule has 0 amide bonds. The lowest BCUT2D eigenvalue weighted by Gasteiger charge is -2.17. The SMILES string of the molecule is CCNC(=NCCCOCC1CCOC1)NCCN(C)CCOC.I. The molecule has 1 unspecified atom stereocenters. The third kappa shape index (κ3) is 13.7. The molecule has 0 aromatic carbocycles. The minimum Gasteiger partial charge on any atom is -0.383 e. The van der Waals surface area contributed by atoms with Gasteiger partial charge < -0.3 is 29.7 Å². The molecule has 0 spiro atoms. The van der Waals surface area contributed by atoms with Gasteiger partial charge in [0.1, 0.15) is 0 Å². The number of ether oxygens (including phenoxy) is 3. The molecule has 0 bridgehead atoms. The summed E-state index contributed by atoms with van der Waals surface area (Å²) in [6, 6.07) is 0. The molecule has 0 saturated carbocycles. The number of hydrogen-bond donors (Lipinski definition) is 2. The highest BCUT2D eigenvalue weighted by Crippen LogP contribution is 2.12. The van der Waals surface area contributed by atoms with Crippen LogP contribution in [-0.2, 0) is 14.2 Å². The summed E-state index contributed by atoms with van der Waals surface area (Å²) < 4.78 is 16.1. The number of guanidine groups is 1. The van der Waals surface area contributed by atoms with Gasteiger partial charge in [-0.3, -0.25) is 4.99 Å². The van der Waals surface area contributed by atoms with Crippen molar-refractivity contribution in [3.05, 3.63) is 0 Å². The van der Waals surface area contributed by atoms with E-state index in [4.69, 9.17) is 14.2 Å². The Balaban J connectivity index is 0.00000576. The van der Waals surface area contributed by atoms with Crippen molar-refractivity contribution in [1.29, 1.82) is 0 Å². The normalized spacial score (nSPS) is 17.6. The van der Waals surface area contributed by atoms with Crippen LogP contribution in [0.25, 0.3) is 0 Å². The van der Waals surface area contributed by atoms with Crippen LogP contribution < -0.4 is 10.6 Å². The molecular weight excluding hydrogens is 435 g/mol. The van der Waals surface area contributed by atoms with Gasteiger partial charge in [0.05, 0.1) is 19.8 Å². The molecule has 2 N–H and O–H groups in total. The molecule has 1 atom stereocenters. The first-order valence-electron chi connectivity index (χ1n) is 9.11. The van der Waals surface area contributed by atoms with Crippen LogP contribution in [0.15, 0.2) is 4.99 Å². The Morgan fingerprint density at radius 2 is 2.12 bits per heavy atom. The van der Waals surface area contributed by atoms with Crippen molar-refractivity contribution in [2.45, 2.75) is 19.8 Å². The van der Waals surface area contributed by atoms with Crippen LogP contribution >= 0.6 is 24.0 Å². The first-order chi connectivity index (χ1) is 11.8. The zero-order valence-electron chi connectivity index (χ0n) is 16.1. The molecular formula is C17H37IN4O3. The number of aliphatic imine (C=N–C) groups is 1. The average molecular weight is 472 g/mol. The molecule has 150 valence electrons. The molecule has 1 rings (SSSR count). The summed E-state index contributed by atoms with van der Waals surface area (Å²) in [5.74, 6) is 1.46. The minimum absolute atomic E-state index is 0. The van der Waals surface area contributed by atoms with E-state index >= 15 is 0 Å². The predicted molar refractivity (Wildman–Crippen MR) is 113 cm³/mol. The van der Waals surface area contributed by atoms with E-state index in [9.17, 15) is 0 Å². The summed E-state index contributed by atoms with van der Waals surface area (Å²) in [5, 5.41) is 6.64. The lowest BCUT2D eigenvalue weighted by molar-refractivity contribution is 0.0893. The average Bonchev–Trinajstić information content (AvgIpc) is 3.09. The largest absolute Gasteiger partial charge is 0.383 e. The second kappa shape index (κ2) is 17.3. The van der Waals surface area contributed by atoms with Gasteiger partial charge in [0, 0.05) is 59.0 Å². The fourth-order valence-electron chi connectivity index (χ4n) is 2.39. The van der Waals surface area contributed by atoms with Crippen molar-refractivity contribution < 1.29 is 14.2 Å². The maximum absolute atomic E-state index is 5.70. The molecule has 0 aromatic heterocycles. The highest BCUT2D eigenvalue weighted by Gasteiger charge is 2.15. The van der Waals surface area contributed by atoms with Crippen molar-refractivity contribution >= 4 is 29.9 Å². The van der Waals surface area contributed by atoms with E-state index in [1.165, 1.54) is 0 Å². The highest BCUT2D eigenvalue weighted by atomic mass is 127. The fraction of sp³-hybridized carbons (Fsp3) is 0.941. The van der Waals surface area contributed by atoms with Crippen molar-refractivity contribution in [2.24, 2.45) is 10.9 Å². The Morgan fingerprint density at radius 1 is 1.28 bits per heavy atom. The lowest BCUT2D eigenvalue weighted by Crippen LogP contribution is -2.41. The zero-order chi connectivity index (χ0) is 17.5. The van der Waals surface area contributed by atoms with Gasteiger partial charge in [0.25, 0.3) is 0 Å². The van der Waals surface area contributed by atoms with Crippen molar-refractivity contribution in [3.8, 4) is 0 Å². The van der Waals surface area contributed by atoms with Crippen molar-refractivity contribution in [2.75, 3.05) is 79.9 Å². The third-order valence-corrected chi connectivity index (χ3v) is 3.90. The molecule has 0 radical (unpaired) electrons. The maximum atomic E-state index is 5.70. The minimum atomic E-state index is 0. The summed E-state index contributed by atoms with van der Waals surface area (Å²) in [7, 11) is 3.82. The van der Waals surface area contributed by atoms with Crippen molar-refractivity contribution in [1.82, 2.24) is 15.5 Å². The summed E-state index contributed by atoms with van der Waals surface area (Å²) >= 11 is 0. The van der Waals surface area contributed by atoms with Crippen LogP contribution in [0.2, 0.25) is 0 Å². The Morgan fingerprint density at radius 3 is 2.80 bits per heavy atom. The Labute approximate surface area is 170 Å². The molecule has 0 aliphatic carbocycles. The predicted octanol–water partition coefficient (Wildman–Crippen LogP) is 1.18. The molecule has 25 heavy (non-hydrogen) atoms. The number of rotatable bonds is 13. The maximum Gasteiger partial charge on any atom is 0.191 e. The second-order valence-corrected chi connectivity index (χ2v) is 6.14. The standard InChI is InChI=1S/C17H36N4O3.HI/c1-4-18-17(20-8-9-21(2)10-13-22-3)19-7-5-11-23-14-16-6-12-24-15-16;/h16H,4-15H2,1-3H3,(H2,18,19,20);1H. The number of halogens is 1. The van der Waals surface area contributed by atoms with Gasteiger partial charge in [0.2, 0.25) is 0 Å². The van der Waals surface area contributed by atoms with Gasteiger partial charge in [-0.2, -0.15) is 0 Å². The molecule has 1 fully saturated rings. The van der Waals surface area contributed by atoms with E-state index in [0.717, 1.165) is 84.6 Å². The molecule has 7 nitrogen and oxygen atoms in total. The van der Waals surface area contributed by atoms with Crippen molar-refractivity contribution in [3.63, 3.8) is 0 Å². The summed E-state index contributed by atoms with van der Waals surface area (Å²) in [6.07, 6.45) is 2.07. The van der Waals surface area contributed by atoms with Gasteiger partial charge in [0.15, 0.2) is 5.96 Å². The van der Waals surface area contributed by atoms with E-state index in [1.54, 1.807) is 7.11 Å². The van der Waals surface area contributed by atoms with Gasteiger partial charge >= 0.3 is 0 Å². The molecule has 8 heteroatoms. The van der Waals surface area contributed by atoms with Crippen LogP contribution in [-0.4, -0.2) is 90.8 Å². The Bertz CT molecular complexity index is 329. The topological polar surface area (TPSA) is 67.4 Å². The molecule has 1 aliphatic heterocycles. The number of nitrogens with zero attached hydrogens (tertiary/aromatic N) is 2. The van der Waals surface area contributed by atoms with E-state index in [1.807, 2.05) is 0 Å². The third-order valence-electron chi connectivity index (χ3n) is 3.90. The lowest BCUT2D eigenvalue weighted by atomic mass is 10.1. The number of likely N-dealkylation sites (N-methyl/N-ethyl adjacent to an activating group) is 1. The highest BCUT2D eigenvalue weighted by molar-refractivity contribution is 14.0. The molecule has 1 saturated heterocycles. The van der Waals surface area contributed by atoms with Gasteiger partial charge in [-0.1, -0.05) is 0 Å².